The Bertz CT molecular complexity index is 1160. The molecule has 1 fully saturated rings. The van der Waals surface area contributed by atoms with Crippen LogP contribution in [0.4, 0.5) is 9.18 Å². The van der Waals surface area contributed by atoms with E-state index in [0.717, 1.165) is 35.4 Å². The Kier molecular flexibility index (Phi) is 8.30. The molecule has 0 unspecified atom stereocenters. The van der Waals surface area contributed by atoms with Crippen LogP contribution in [0.3, 0.4) is 0 Å². The molecule has 0 aliphatic carbocycles. The second kappa shape index (κ2) is 11.8. The molecule has 8 nitrogen and oxygen atoms in total. The lowest BCUT2D eigenvalue weighted by Gasteiger charge is -2.32. The van der Waals surface area contributed by atoms with Crippen LogP contribution in [-0.4, -0.2) is 57.4 Å². The van der Waals surface area contributed by atoms with Gasteiger partial charge >= 0.3 is 6.09 Å². The summed E-state index contributed by atoms with van der Waals surface area (Å²) in [6, 6.07) is 12.1. The SMILES string of the molecule is CC(C)OC(=O)NCC1CCN(C(=O)Cn2nc(-c3ccncc3)cc2Cc2ccc(F)cc2)CC1. The van der Waals surface area contributed by atoms with Gasteiger partial charge in [-0.25, -0.2) is 9.18 Å². The highest BCUT2D eigenvalue weighted by atomic mass is 19.1. The Morgan fingerprint density at radius 2 is 1.81 bits per heavy atom. The molecule has 4 rings (SSSR count). The van der Waals surface area contributed by atoms with Crippen molar-refractivity contribution in [2.45, 2.75) is 45.8 Å². The Morgan fingerprint density at radius 1 is 1.11 bits per heavy atom. The maximum Gasteiger partial charge on any atom is 0.407 e. The van der Waals surface area contributed by atoms with Gasteiger partial charge in [-0.3, -0.25) is 14.5 Å². The fraction of sp³-hybridized carbons (Fsp3) is 0.407. The highest BCUT2D eigenvalue weighted by Gasteiger charge is 2.24. The average molecular weight is 494 g/mol. The maximum absolute atomic E-state index is 13.4. The quantitative estimate of drug-likeness (QED) is 0.512. The van der Waals surface area contributed by atoms with E-state index >= 15 is 0 Å². The standard InChI is InChI=1S/C27H32FN5O3/c1-19(2)36-27(35)30-17-21-9-13-32(14-10-21)26(34)18-33-24(15-20-3-5-23(28)6-4-20)16-25(31-33)22-7-11-29-12-8-22/h3-8,11-12,16,19,21H,9-10,13-15,17-18H2,1-2H3,(H,30,35). The van der Waals surface area contributed by atoms with Gasteiger partial charge in [0.15, 0.2) is 0 Å². The number of hydrogen-bond acceptors (Lipinski definition) is 5. The van der Waals surface area contributed by atoms with Crippen molar-refractivity contribution in [1.82, 2.24) is 25.0 Å². The summed E-state index contributed by atoms with van der Waals surface area (Å²) < 4.78 is 20.2. The number of halogens is 1. The summed E-state index contributed by atoms with van der Waals surface area (Å²) in [5.41, 5.74) is 3.50. The largest absolute Gasteiger partial charge is 0.447 e. The zero-order valence-corrected chi connectivity index (χ0v) is 20.7. The van der Waals surface area contributed by atoms with Gasteiger partial charge in [0.05, 0.1) is 11.8 Å². The monoisotopic (exact) mass is 493 g/mol. The van der Waals surface area contributed by atoms with Crippen LogP contribution < -0.4 is 5.32 Å². The van der Waals surface area contributed by atoms with Gasteiger partial charge in [0.2, 0.25) is 5.91 Å². The molecule has 3 aromatic rings. The van der Waals surface area contributed by atoms with Crippen molar-refractivity contribution in [2.24, 2.45) is 5.92 Å². The van der Waals surface area contributed by atoms with Gasteiger partial charge in [-0.05, 0) is 68.5 Å². The Labute approximate surface area is 210 Å². The third-order valence-corrected chi connectivity index (χ3v) is 6.27. The van der Waals surface area contributed by atoms with Gasteiger partial charge in [-0.15, -0.1) is 0 Å². The lowest BCUT2D eigenvalue weighted by molar-refractivity contribution is -0.133. The fourth-order valence-electron chi connectivity index (χ4n) is 4.31. The molecule has 0 saturated carbocycles. The van der Waals surface area contributed by atoms with Gasteiger partial charge in [0, 0.05) is 49.7 Å². The average Bonchev–Trinajstić information content (AvgIpc) is 3.26. The minimum absolute atomic E-state index is 0.00496. The van der Waals surface area contributed by atoms with Crippen LogP contribution in [-0.2, 0) is 22.5 Å². The van der Waals surface area contributed by atoms with E-state index in [4.69, 9.17) is 9.84 Å². The van der Waals surface area contributed by atoms with Crippen LogP contribution >= 0.6 is 0 Å². The molecule has 0 radical (unpaired) electrons. The third kappa shape index (κ3) is 6.90. The summed E-state index contributed by atoms with van der Waals surface area (Å²) in [6.07, 6.45) is 5.03. The first-order chi connectivity index (χ1) is 17.4. The molecule has 0 spiro atoms. The molecular formula is C27H32FN5O3. The van der Waals surface area contributed by atoms with Crippen molar-refractivity contribution in [2.75, 3.05) is 19.6 Å². The molecule has 9 heteroatoms. The lowest BCUT2D eigenvalue weighted by atomic mass is 9.97. The van der Waals surface area contributed by atoms with Gasteiger partial charge in [0.1, 0.15) is 12.4 Å². The second-order valence-electron chi connectivity index (χ2n) is 9.38. The lowest BCUT2D eigenvalue weighted by Crippen LogP contribution is -2.43. The molecule has 2 aromatic heterocycles. The van der Waals surface area contributed by atoms with E-state index in [-0.39, 0.29) is 24.4 Å². The zero-order chi connectivity index (χ0) is 25.5. The van der Waals surface area contributed by atoms with E-state index in [1.54, 1.807) is 29.2 Å². The molecule has 190 valence electrons. The molecule has 1 aromatic carbocycles. The Balaban J connectivity index is 1.40. The predicted molar refractivity (Wildman–Crippen MR) is 134 cm³/mol. The molecule has 1 saturated heterocycles. The number of nitrogens with zero attached hydrogens (tertiary/aromatic N) is 4. The van der Waals surface area contributed by atoms with Gasteiger partial charge in [0.25, 0.3) is 0 Å². The second-order valence-corrected chi connectivity index (χ2v) is 9.38. The van der Waals surface area contributed by atoms with Gasteiger partial charge in [-0.2, -0.15) is 5.10 Å². The number of benzene rings is 1. The number of nitrogens with one attached hydrogen (secondary N) is 1. The number of amides is 2. The normalized spacial score (nSPS) is 14.2. The number of hydrogen-bond donors (Lipinski definition) is 1. The smallest absolute Gasteiger partial charge is 0.407 e. The van der Waals surface area contributed by atoms with Crippen LogP contribution in [0.2, 0.25) is 0 Å². The van der Waals surface area contributed by atoms with E-state index in [1.165, 1.54) is 12.1 Å². The number of aromatic nitrogens is 3. The summed E-state index contributed by atoms with van der Waals surface area (Å²) in [6.45, 7) is 5.57. The van der Waals surface area contributed by atoms with Gasteiger partial charge in [-0.1, -0.05) is 12.1 Å². The van der Waals surface area contributed by atoms with Crippen molar-refractivity contribution in [3.05, 3.63) is 71.9 Å². The van der Waals surface area contributed by atoms with Crippen molar-refractivity contribution in [3.8, 4) is 11.3 Å². The first kappa shape index (κ1) is 25.3. The summed E-state index contributed by atoms with van der Waals surface area (Å²) in [4.78, 5) is 30.8. The Hall–Kier alpha value is -3.75. The topological polar surface area (TPSA) is 89.4 Å². The zero-order valence-electron chi connectivity index (χ0n) is 20.7. The number of carbonyl (C=O) groups excluding carboxylic acids is 2. The van der Waals surface area contributed by atoms with E-state index in [0.29, 0.717) is 32.0 Å². The maximum atomic E-state index is 13.4. The molecule has 3 heterocycles. The summed E-state index contributed by atoms with van der Waals surface area (Å²) in [5.74, 6) is 0.0338. The number of alkyl carbamates (subject to hydrolysis) is 1. The third-order valence-electron chi connectivity index (χ3n) is 6.27. The summed E-state index contributed by atoms with van der Waals surface area (Å²) >= 11 is 0. The number of likely N-dealkylation sites (tertiary alicyclic amines) is 1. The number of piperidine rings is 1. The van der Waals surface area contributed by atoms with Gasteiger partial charge < -0.3 is 15.0 Å². The predicted octanol–water partition coefficient (Wildman–Crippen LogP) is 4.05. The van der Waals surface area contributed by atoms with Crippen molar-refractivity contribution in [1.29, 1.82) is 0 Å². The molecule has 2 amide bonds. The van der Waals surface area contributed by atoms with E-state index in [9.17, 15) is 14.0 Å². The number of ether oxygens (including phenoxy) is 1. The van der Waals surface area contributed by atoms with Crippen LogP contribution in [0.1, 0.15) is 37.9 Å². The highest BCUT2D eigenvalue weighted by molar-refractivity contribution is 5.76. The molecule has 1 aliphatic heterocycles. The van der Waals surface area contributed by atoms with E-state index < -0.39 is 6.09 Å². The van der Waals surface area contributed by atoms with Crippen LogP contribution in [0.5, 0.6) is 0 Å². The summed E-state index contributed by atoms with van der Waals surface area (Å²) in [5, 5.41) is 7.54. The number of rotatable bonds is 8. The molecule has 1 N–H and O–H groups in total. The Morgan fingerprint density at radius 3 is 2.47 bits per heavy atom. The number of pyridine rings is 1. The minimum atomic E-state index is -0.402. The van der Waals surface area contributed by atoms with Crippen molar-refractivity contribution in [3.63, 3.8) is 0 Å². The molecule has 1 aliphatic rings. The van der Waals surface area contributed by atoms with Crippen LogP contribution in [0.15, 0.2) is 54.9 Å². The molecule has 0 bridgehead atoms. The molecule has 36 heavy (non-hydrogen) atoms. The first-order valence-corrected chi connectivity index (χ1v) is 12.3. The van der Waals surface area contributed by atoms with Crippen molar-refractivity contribution >= 4 is 12.0 Å². The molecular weight excluding hydrogens is 461 g/mol. The minimum Gasteiger partial charge on any atom is -0.447 e. The fourth-order valence-corrected chi connectivity index (χ4v) is 4.31. The van der Waals surface area contributed by atoms with Crippen molar-refractivity contribution < 1.29 is 18.7 Å². The first-order valence-electron chi connectivity index (χ1n) is 12.3. The number of carbonyl (C=O) groups is 2. The van der Waals surface area contributed by atoms with Crippen LogP contribution in [0.25, 0.3) is 11.3 Å². The van der Waals surface area contributed by atoms with E-state index in [1.807, 2.05) is 36.9 Å². The highest BCUT2D eigenvalue weighted by Crippen LogP contribution is 2.22. The van der Waals surface area contributed by atoms with E-state index in [2.05, 4.69) is 10.3 Å². The molecule has 0 atom stereocenters. The van der Waals surface area contributed by atoms with Crippen LogP contribution in [0, 0.1) is 11.7 Å². The summed E-state index contributed by atoms with van der Waals surface area (Å²) in [7, 11) is 0.